The van der Waals surface area contributed by atoms with Crippen LogP contribution < -0.4 is 0 Å². The molecule has 1 N–H and O–H groups in total. The molecule has 0 aromatic heterocycles. The highest BCUT2D eigenvalue weighted by molar-refractivity contribution is 5.03. The highest BCUT2D eigenvalue weighted by atomic mass is 16.2. The molecule has 0 radical (unpaired) electrons. The van der Waals surface area contributed by atoms with Gasteiger partial charge in [0.15, 0.2) is 11.1 Å². The molecule has 0 amide bonds. The van der Waals surface area contributed by atoms with Crippen LogP contribution in [-0.4, -0.2) is 22.8 Å². The van der Waals surface area contributed by atoms with Gasteiger partial charge in [0.1, 0.15) is 0 Å². The zero-order valence-electron chi connectivity index (χ0n) is 9.94. The van der Waals surface area contributed by atoms with Crippen molar-refractivity contribution in [2.75, 3.05) is 6.61 Å². The van der Waals surface area contributed by atoms with Gasteiger partial charge >= 0.3 is 0 Å². The van der Waals surface area contributed by atoms with Crippen LogP contribution in [-0.2, 0) is 0 Å². The van der Waals surface area contributed by atoms with Crippen molar-refractivity contribution in [3.05, 3.63) is 0 Å². The van der Waals surface area contributed by atoms with Crippen LogP contribution in [0.2, 0.25) is 0 Å². The van der Waals surface area contributed by atoms with Crippen molar-refractivity contribution in [1.82, 2.24) is 0 Å². The van der Waals surface area contributed by atoms with Crippen molar-refractivity contribution in [3.8, 4) is 12.1 Å². The molecule has 0 aliphatic heterocycles. The standard InChI is InChI=1S/C8H12N4.C2H6O/c1-7(2,5-9)11-12-8(3,4)6-10;1-2-3/h1-4H3;3H,2H2,1H3/b12-11+;. The number of aliphatic hydroxyl groups excluding tert-OH is 1. The van der Waals surface area contributed by atoms with Gasteiger partial charge in [-0.25, -0.2) is 0 Å². The Kier molecular flexibility index (Phi) is 7.37. The summed E-state index contributed by atoms with van der Waals surface area (Å²) in [5.74, 6) is 0. The molecule has 0 rings (SSSR count). The van der Waals surface area contributed by atoms with E-state index in [9.17, 15) is 0 Å². The molecule has 84 valence electrons. The molecule has 0 saturated carbocycles. The second-order valence-corrected chi connectivity index (χ2v) is 3.86. The molecule has 0 aliphatic rings. The van der Waals surface area contributed by atoms with Crippen molar-refractivity contribution in [3.63, 3.8) is 0 Å². The van der Waals surface area contributed by atoms with Gasteiger partial charge < -0.3 is 5.11 Å². The molecule has 0 saturated heterocycles. The fourth-order valence-electron chi connectivity index (χ4n) is 0.295. The maximum atomic E-state index is 8.58. The first-order valence-corrected chi connectivity index (χ1v) is 4.62. The molecular weight excluding hydrogens is 192 g/mol. The summed E-state index contributed by atoms with van der Waals surface area (Å²) in [7, 11) is 0. The topological polar surface area (TPSA) is 92.5 Å². The van der Waals surface area contributed by atoms with E-state index >= 15 is 0 Å². The highest BCUT2D eigenvalue weighted by Gasteiger charge is 2.19. The Hall–Kier alpha value is -1.46. The first-order chi connectivity index (χ1) is 6.74. The summed E-state index contributed by atoms with van der Waals surface area (Å²) >= 11 is 0. The number of hydrogen-bond donors (Lipinski definition) is 1. The first kappa shape index (κ1) is 16.0. The van der Waals surface area contributed by atoms with Crippen LogP contribution in [0.25, 0.3) is 0 Å². The molecule has 15 heavy (non-hydrogen) atoms. The van der Waals surface area contributed by atoms with Crippen LogP contribution in [0, 0.1) is 22.7 Å². The quantitative estimate of drug-likeness (QED) is 0.707. The fourth-order valence-corrected chi connectivity index (χ4v) is 0.295. The van der Waals surface area contributed by atoms with Gasteiger partial charge in [0.25, 0.3) is 0 Å². The Labute approximate surface area is 91.1 Å². The second-order valence-electron chi connectivity index (χ2n) is 3.86. The van der Waals surface area contributed by atoms with Crippen LogP contribution in [0.1, 0.15) is 34.6 Å². The van der Waals surface area contributed by atoms with Crippen molar-refractivity contribution in [1.29, 1.82) is 10.5 Å². The number of hydrogen-bond acceptors (Lipinski definition) is 5. The minimum absolute atomic E-state index is 0.250. The van der Waals surface area contributed by atoms with Crippen LogP contribution in [0.15, 0.2) is 10.2 Å². The van der Waals surface area contributed by atoms with Crippen molar-refractivity contribution < 1.29 is 5.11 Å². The lowest BCUT2D eigenvalue weighted by Gasteiger charge is -2.11. The van der Waals surface area contributed by atoms with Gasteiger partial charge in [0, 0.05) is 6.61 Å². The van der Waals surface area contributed by atoms with E-state index < -0.39 is 11.1 Å². The molecule has 0 atom stereocenters. The van der Waals surface area contributed by atoms with Gasteiger partial charge in [0.05, 0.1) is 12.1 Å². The maximum absolute atomic E-state index is 8.58. The van der Waals surface area contributed by atoms with E-state index in [4.69, 9.17) is 15.6 Å². The zero-order valence-corrected chi connectivity index (χ0v) is 9.94. The molecule has 5 nitrogen and oxygen atoms in total. The van der Waals surface area contributed by atoms with E-state index in [1.807, 2.05) is 12.1 Å². The molecule has 0 fully saturated rings. The molecule has 0 aromatic carbocycles. The molecule has 0 heterocycles. The van der Waals surface area contributed by atoms with E-state index in [2.05, 4.69) is 10.2 Å². The number of nitrogens with zero attached hydrogens (tertiary/aromatic N) is 4. The predicted molar refractivity (Wildman–Crippen MR) is 57.0 cm³/mol. The zero-order chi connectivity index (χ0) is 12.5. The molecule has 5 heteroatoms. The van der Waals surface area contributed by atoms with E-state index in [0.29, 0.717) is 0 Å². The average Bonchev–Trinajstić information content (AvgIpc) is 2.17. The summed E-state index contributed by atoms with van der Waals surface area (Å²) in [5, 5.41) is 32.2. The summed E-state index contributed by atoms with van der Waals surface area (Å²) in [6.07, 6.45) is 0. The second kappa shape index (κ2) is 6.92. The monoisotopic (exact) mass is 210 g/mol. The number of azo groups is 1. The Morgan fingerprint density at radius 3 is 1.33 bits per heavy atom. The van der Waals surface area contributed by atoms with Gasteiger partial charge in [-0.15, -0.1) is 0 Å². The lowest BCUT2D eigenvalue weighted by atomic mass is 10.1. The molecule has 0 spiro atoms. The number of nitriles is 2. The minimum atomic E-state index is -0.839. The van der Waals surface area contributed by atoms with Crippen LogP contribution >= 0.6 is 0 Å². The third kappa shape index (κ3) is 10.5. The van der Waals surface area contributed by atoms with Crippen molar-refractivity contribution in [2.24, 2.45) is 10.2 Å². The van der Waals surface area contributed by atoms with Gasteiger partial charge in [0.2, 0.25) is 0 Å². The van der Waals surface area contributed by atoms with Gasteiger partial charge in [-0.05, 0) is 34.6 Å². The SMILES string of the molecule is CC(C)(C#N)/N=N/C(C)(C)C#N.CCO. The van der Waals surface area contributed by atoms with Crippen molar-refractivity contribution in [2.45, 2.75) is 45.7 Å². The van der Waals surface area contributed by atoms with E-state index in [1.165, 1.54) is 0 Å². The third-order valence-electron chi connectivity index (χ3n) is 1.10. The number of rotatable bonds is 2. The van der Waals surface area contributed by atoms with Crippen molar-refractivity contribution >= 4 is 0 Å². The van der Waals surface area contributed by atoms with Crippen LogP contribution in [0.4, 0.5) is 0 Å². The third-order valence-corrected chi connectivity index (χ3v) is 1.10. The summed E-state index contributed by atoms with van der Waals surface area (Å²) in [5.41, 5.74) is -1.68. The van der Waals surface area contributed by atoms with Crippen LogP contribution in [0.5, 0.6) is 0 Å². The highest BCUT2D eigenvalue weighted by Crippen LogP contribution is 2.13. The molecule has 0 aromatic rings. The summed E-state index contributed by atoms with van der Waals surface area (Å²) in [4.78, 5) is 0. The van der Waals surface area contributed by atoms with Gasteiger partial charge in [-0.1, -0.05) is 0 Å². The maximum Gasteiger partial charge on any atom is 0.162 e. The summed E-state index contributed by atoms with van der Waals surface area (Å²) in [6, 6.07) is 3.94. The molecule has 0 aliphatic carbocycles. The first-order valence-electron chi connectivity index (χ1n) is 4.62. The molecular formula is C10H18N4O. The summed E-state index contributed by atoms with van der Waals surface area (Å²) in [6.45, 7) is 8.50. The summed E-state index contributed by atoms with van der Waals surface area (Å²) < 4.78 is 0. The van der Waals surface area contributed by atoms with Gasteiger partial charge in [-0.3, -0.25) is 0 Å². The Morgan fingerprint density at radius 1 is 1.00 bits per heavy atom. The predicted octanol–water partition coefficient (Wildman–Crippen LogP) is 2.04. The van der Waals surface area contributed by atoms with E-state index in [0.717, 1.165) is 0 Å². The van der Waals surface area contributed by atoms with Gasteiger partial charge in [-0.2, -0.15) is 20.8 Å². The Bertz CT molecular complexity index is 253. The average molecular weight is 210 g/mol. The normalized spacial score (nSPS) is 11.2. The largest absolute Gasteiger partial charge is 0.397 e. The lowest BCUT2D eigenvalue weighted by Crippen LogP contribution is -2.17. The molecule has 0 bridgehead atoms. The fraction of sp³-hybridized carbons (Fsp3) is 0.800. The van der Waals surface area contributed by atoms with E-state index in [1.54, 1.807) is 34.6 Å². The lowest BCUT2D eigenvalue weighted by molar-refractivity contribution is 0.318. The minimum Gasteiger partial charge on any atom is -0.397 e. The Balaban J connectivity index is 0. The molecule has 0 unspecified atom stereocenters. The Morgan fingerprint density at radius 2 is 1.20 bits per heavy atom. The smallest absolute Gasteiger partial charge is 0.162 e. The van der Waals surface area contributed by atoms with Crippen LogP contribution in [0.3, 0.4) is 0 Å². The van der Waals surface area contributed by atoms with E-state index in [-0.39, 0.29) is 6.61 Å². The number of aliphatic hydroxyl groups is 1.